The van der Waals surface area contributed by atoms with E-state index in [-0.39, 0.29) is 12.2 Å². The molecule has 1 aliphatic carbocycles. The topological polar surface area (TPSA) is 83.5 Å². The molecule has 1 rings (SSSR count). The predicted molar refractivity (Wildman–Crippen MR) is 56.0 cm³/mol. The molecule has 88 valence electrons. The Hall–Kier alpha value is -0.620. The van der Waals surface area contributed by atoms with Crippen molar-refractivity contribution in [2.45, 2.75) is 38.6 Å². The largest absolute Gasteiger partial charge is 0.481 e. The van der Waals surface area contributed by atoms with Gasteiger partial charge in [0.2, 0.25) is 10.0 Å². The summed E-state index contributed by atoms with van der Waals surface area (Å²) in [4.78, 5) is 10.3. The molecular weight excluding hydrogens is 218 g/mol. The summed E-state index contributed by atoms with van der Waals surface area (Å²) in [6.45, 7) is 3.67. The van der Waals surface area contributed by atoms with Gasteiger partial charge in [-0.3, -0.25) is 4.79 Å². The standard InChI is InChI=1S/C9H17NO4S/c1-9(2,7-3-4-7)10-15(13,14)6-5-8(11)12/h7,10H,3-6H2,1-2H3,(H,11,12). The van der Waals surface area contributed by atoms with Gasteiger partial charge in [0.25, 0.3) is 0 Å². The summed E-state index contributed by atoms with van der Waals surface area (Å²) < 4.78 is 25.6. The third-order valence-corrected chi connectivity index (χ3v) is 4.18. The smallest absolute Gasteiger partial charge is 0.304 e. The minimum absolute atomic E-state index is 0.349. The number of carbonyl (C=O) groups is 1. The van der Waals surface area contributed by atoms with Crippen LogP contribution >= 0.6 is 0 Å². The van der Waals surface area contributed by atoms with Gasteiger partial charge in [0.05, 0.1) is 12.2 Å². The van der Waals surface area contributed by atoms with Gasteiger partial charge >= 0.3 is 5.97 Å². The maximum atomic E-state index is 11.5. The highest BCUT2D eigenvalue weighted by Crippen LogP contribution is 2.39. The average molecular weight is 235 g/mol. The lowest BCUT2D eigenvalue weighted by Gasteiger charge is -2.25. The van der Waals surface area contributed by atoms with E-state index in [2.05, 4.69) is 4.72 Å². The second-order valence-corrected chi connectivity index (χ2v) is 6.40. The molecule has 0 aromatic carbocycles. The maximum absolute atomic E-state index is 11.5. The summed E-state index contributed by atoms with van der Waals surface area (Å²) in [5.41, 5.74) is -0.447. The molecule has 0 unspecified atom stereocenters. The number of aliphatic carboxylic acids is 1. The first-order valence-corrected chi connectivity index (χ1v) is 6.61. The van der Waals surface area contributed by atoms with Crippen molar-refractivity contribution in [3.63, 3.8) is 0 Å². The Balaban J connectivity index is 2.51. The summed E-state index contributed by atoms with van der Waals surface area (Å²) >= 11 is 0. The van der Waals surface area contributed by atoms with Gasteiger partial charge in [-0.05, 0) is 32.6 Å². The molecule has 0 radical (unpaired) electrons. The van der Waals surface area contributed by atoms with E-state index in [0.717, 1.165) is 12.8 Å². The number of nitrogens with one attached hydrogen (secondary N) is 1. The fraction of sp³-hybridized carbons (Fsp3) is 0.889. The van der Waals surface area contributed by atoms with Crippen LogP contribution in [0.1, 0.15) is 33.1 Å². The third kappa shape index (κ3) is 4.17. The van der Waals surface area contributed by atoms with Crippen molar-refractivity contribution in [1.29, 1.82) is 0 Å². The molecule has 1 fully saturated rings. The van der Waals surface area contributed by atoms with Gasteiger partial charge in [-0.2, -0.15) is 0 Å². The fourth-order valence-corrected chi connectivity index (χ4v) is 3.08. The minimum atomic E-state index is -3.47. The van der Waals surface area contributed by atoms with Crippen LogP contribution in [0.15, 0.2) is 0 Å². The molecule has 0 spiro atoms. The van der Waals surface area contributed by atoms with E-state index in [1.807, 2.05) is 13.8 Å². The van der Waals surface area contributed by atoms with Gasteiger partial charge in [0.1, 0.15) is 0 Å². The van der Waals surface area contributed by atoms with E-state index in [1.54, 1.807) is 0 Å². The molecule has 2 N–H and O–H groups in total. The quantitative estimate of drug-likeness (QED) is 0.705. The summed E-state index contributed by atoms with van der Waals surface area (Å²) in [7, 11) is -3.47. The van der Waals surface area contributed by atoms with Crippen LogP contribution in [0.25, 0.3) is 0 Å². The van der Waals surface area contributed by atoms with Crippen molar-refractivity contribution < 1.29 is 18.3 Å². The molecule has 1 saturated carbocycles. The van der Waals surface area contributed by atoms with Gasteiger partial charge in [0.15, 0.2) is 0 Å². The van der Waals surface area contributed by atoms with Crippen LogP contribution in [0.3, 0.4) is 0 Å². The van der Waals surface area contributed by atoms with Gasteiger partial charge in [-0.25, -0.2) is 13.1 Å². The van der Waals surface area contributed by atoms with E-state index >= 15 is 0 Å². The molecule has 0 amide bonds. The molecule has 0 atom stereocenters. The van der Waals surface area contributed by atoms with E-state index < -0.39 is 21.5 Å². The molecule has 15 heavy (non-hydrogen) atoms. The van der Waals surface area contributed by atoms with Crippen molar-refractivity contribution in [1.82, 2.24) is 4.72 Å². The molecular formula is C9H17NO4S. The highest BCUT2D eigenvalue weighted by molar-refractivity contribution is 7.89. The predicted octanol–water partition coefficient (Wildman–Crippen LogP) is 0.569. The minimum Gasteiger partial charge on any atom is -0.481 e. The van der Waals surface area contributed by atoms with Crippen LogP contribution < -0.4 is 4.72 Å². The fourth-order valence-electron chi connectivity index (χ4n) is 1.56. The van der Waals surface area contributed by atoms with Crippen molar-refractivity contribution in [3.8, 4) is 0 Å². The number of hydrogen-bond donors (Lipinski definition) is 2. The van der Waals surface area contributed by atoms with Gasteiger partial charge in [-0.15, -0.1) is 0 Å². The first-order chi connectivity index (χ1) is 6.73. The number of rotatable bonds is 6. The van der Waals surface area contributed by atoms with E-state index in [9.17, 15) is 13.2 Å². The number of hydrogen-bond acceptors (Lipinski definition) is 3. The van der Waals surface area contributed by atoms with E-state index in [0.29, 0.717) is 5.92 Å². The summed E-state index contributed by atoms with van der Waals surface area (Å²) in [6, 6.07) is 0. The lowest BCUT2D eigenvalue weighted by Crippen LogP contribution is -2.46. The van der Waals surface area contributed by atoms with Crippen molar-refractivity contribution >= 4 is 16.0 Å². The highest BCUT2D eigenvalue weighted by atomic mass is 32.2. The van der Waals surface area contributed by atoms with Crippen LogP contribution in [-0.4, -0.2) is 30.8 Å². The first-order valence-electron chi connectivity index (χ1n) is 4.96. The lowest BCUT2D eigenvalue weighted by atomic mass is 10.0. The monoisotopic (exact) mass is 235 g/mol. The molecule has 0 bridgehead atoms. The maximum Gasteiger partial charge on any atom is 0.304 e. The third-order valence-electron chi connectivity index (χ3n) is 2.60. The summed E-state index contributed by atoms with van der Waals surface area (Å²) in [6.07, 6.45) is 1.72. The Morgan fingerprint density at radius 1 is 1.47 bits per heavy atom. The number of sulfonamides is 1. The zero-order chi connectivity index (χ0) is 11.7. The van der Waals surface area contributed by atoms with Gasteiger partial charge in [-0.1, -0.05) is 0 Å². The average Bonchev–Trinajstić information content (AvgIpc) is 2.80. The zero-order valence-corrected chi connectivity index (χ0v) is 9.80. The van der Waals surface area contributed by atoms with Crippen molar-refractivity contribution in [3.05, 3.63) is 0 Å². The Kier molecular flexibility index (Phi) is 3.40. The van der Waals surface area contributed by atoms with Gasteiger partial charge in [0, 0.05) is 5.54 Å². The molecule has 0 saturated heterocycles. The van der Waals surface area contributed by atoms with Crippen LogP contribution in [0.2, 0.25) is 0 Å². The highest BCUT2D eigenvalue weighted by Gasteiger charge is 2.40. The van der Waals surface area contributed by atoms with Crippen LogP contribution in [0.4, 0.5) is 0 Å². The Bertz CT molecular complexity index is 343. The number of carboxylic acids is 1. The normalized spacial score (nSPS) is 17.7. The lowest BCUT2D eigenvalue weighted by molar-refractivity contribution is -0.136. The Morgan fingerprint density at radius 3 is 2.40 bits per heavy atom. The van der Waals surface area contributed by atoms with Gasteiger partial charge < -0.3 is 5.11 Å². The molecule has 0 aromatic heterocycles. The van der Waals surface area contributed by atoms with E-state index in [4.69, 9.17) is 5.11 Å². The van der Waals surface area contributed by atoms with Crippen LogP contribution in [0.5, 0.6) is 0 Å². The van der Waals surface area contributed by atoms with Crippen molar-refractivity contribution in [2.24, 2.45) is 5.92 Å². The van der Waals surface area contributed by atoms with Crippen LogP contribution in [-0.2, 0) is 14.8 Å². The van der Waals surface area contributed by atoms with Crippen LogP contribution in [0, 0.1) is 5.92 Å². The molecule has 6 heteroatoms. The van der Waals surface area contributed by atoms with Crippen molar-refractivity contribution in [2.75, 3.05) is 5.75 Å². The Morgan fingerprint density at radius 2 is 2.00 bits per heavy atom. The second-order valence-electron chi connectivity index (χ2n) is 4.56. The number of carboxylic acid groups (broad SMARTS) is 1. The summed E-state index contributed by atoms with van der Waals surface area (Å²) in [5.74, 6) is -1.06. The zero-order valence-electron chi connectivity index (χ0n) is 8.99. The molecule has 5 nitrogen and oxygen atoms in total. The Labute approximate surface area is 89.9 Å². The molecule has 0 aromatic rings. The molecule has 0 aliphatic heterocycles. The SMILES string of the molecule is CC(C)(NS(=O)(=O)CCC(=O)O)C1CC1. The summed E-state index contributed by atoms with van der Waals surface area (Å²) in [5, 5.41) is 8.40. The first kappa shape index (κ1) is 12.4. The molecule has 1 aliphatic rings. The molecule has 0 heterocycles. The second kappa shape index (κ2) is 4.09. The van der Waals surface area contributed by atoms with E-state index in [1.165, 1.54) is 0 Å².